The number of rotatable bonds is 4. The molecule has 1 aromatic carbocycles. The second kappa shape index (κ2) is 7.36. The molecule has 2 fully saturated rings. The third-order valence-corrected chi connectivity index (χ3v) is 6.00. The number of benzene rings is 1. The summed E-state index contributed by atoms with van der Waals surface area (Å²) in [5.41, 5.74) is 1.75. The van der Waals surface area contributed by atoms with Crippen LogP contribution in [0.2, 0.25) is 0 Å². The van der Waals surface area contributed by atoms with Gasteiger partial charge >= 0.3 is 0 Å². The number of carbonyl (C=O) groups is 1. The Balaban J connectivity index is 1.40. The lowest BCUT2D eigenvalue weighted by molar-refractivity contribution is 0.00940. The van der Waals surface area contributed by atoms with Gasteiger partial charge < -0.3 is 14.9 Å². The zero-order chi connectivity index (χ0) is 19.0. The molecule has 1 aromatic heterocycles. The Morgan fingerprint density at radius 1 is 1.19 bits per heavy atom. The molecule has 1 aliphatic carbocycles. The van der Waals surface area contributed by atoms with Crippen molar-refractivity contribution in [3.8, 4) is 0 Å². The molecule has 27 heavy (non-hydrogen) atoms. The van der Waals surface area contributed by atoms with E-state index in [4.69, 9.17) is 0 Å². The number of nitrogens with zero attached hydrogens (tertiary/aromatic N) is 6. The van der Waals surface area contributed by atoms with E-state index in [0.717, 1.165) is 31.5 Å². The van der Waals surface area contributed by atoms with Crippen LogP contribution < -0.4 is 0 Å². The van der Waals surface area contributed by atoms with Crippen LogP contribution in [-0.2, 0) is 6.54 Å². The first-order valence-corrected chi connectivity index (χ1v) is 9.44. The molecule has 1 saturated carbocycles. The highest BCUT2D eigenvalue weighted by atomic mass is 16.3. The quantitative estimate of drug-likeness (QED) is 0.843. The van der Waals surface area contributed by atoms with Crippen molar-refractivity contribution in [2.45, 2.75) is 31.5 Å². The maximum atomic E-state index is 12.9. The Morgan fingerprint density at radius 2 is 1.89 bits per heavy atom. The van der Waals surface area contributed by atoms with Crippen molar-refractivity contribution in [1.82, 2.24) is 30.0 Å². The summed E-state index contributed by atoms with van der Waals surface area (Å²) in [5.74, 6) is 0.956. The van der Waals surface area contributed by atoms with E-state index in [1.54, 1.807) is 11.0 Å². The fourth-order valence-corrected chi connectivity index (χ4v) is 4.50. The lowest BCUT2D eigenvalue weighted by Crippen LogP contribution is -2.46. The summed E-state index contributed by atoms with van der Waals surface area (Å²) < 4.78 is 1.65. The van der Waals surface area contributed by atoms with E-state index in [9.17, 15) is 9.90 Å². The predicted molar refractivity (Wildman–Crippen MR) is 99.0 cm³/mol. The molecule has 1 saturated heterocycles. The van der Waals surface area contributed by atoms with Crippen LogP contribution in [0.25, 0.3) is 0 Å². The van der Waals surface area contributed by atoms with E-state index >= 15 is 0 Å². The SMILES string of the molecule is CN(C)[C@@H]1C[C@@H]2CN(C(=O)c3ccc(Cn4cnnn4)cc3)C[C@@H]2C[C@H]1O. The minimum atomic E-state index is -0.304. The van der Waals surface area contributed by atoms with Crippen LogP contribution in [-0.4, -0.2) is 80.4 Å². The molecule has 4 rings (SSSR count). The van der Waals surface area contributed by atoms with E-state index in [1.165, 1.54) is 0 Å². The zero-order valence-corrected chi connectivity index (χ0v) is 15.8. The number of aliphatic hydroxyl groups is 1. The highest BCUT2D eigenvalue weighted by Crippen LogP contribution is 2.38. The standard InChI is InChI=1S/C19H26N6O2/c1-23(2)17-7-15-10-24(11-16(15)8-18(17)26)19(27)14-5-3-13(4-6-14)9-25-12-20-21-22-25/h3-6,12,15-18,26H,7-11H2,1-2H3/t15-,16+,17-,18-/m1/s1. The van der Waals surface area contributed by atoms with Gasteiger partial charge in [-0.05, 0) is 66.9 Å². The number of hydrogen-bond donors (Lipinski definition) is 1. The second-order valence-electron chi connectivity index (χ2n) is 8.00. The van der Waals surface area contributed by atoms with Gasteiger partial charge in [-0.2, -0.15) is 0 Å². The summed E-state index contributed by atoms with van der Waals surface area (Å²) in [6, 6.07) is 7.84. The molecule has 0 unspecified atom stereocenters. The average Bonchev–Trinajstić information content (AvgIpc) is 3.30. The number of fused-ring (bicyclic) bond motifs is 1. The Kier molecular flexibility index (Phi) is 4.92. The molecule has 2 aromatic rings. The molecular weight excluding hydrogens is 344 g/mol. The summed E-state index contributed by atoms with van der Waals surface area (Å²) in [7, 11) is 4.03. The number of likely N-dealkylation sites (tertiary alicyclic amines) is 1. The molecule has 0 radical (unpaired) electrons. The summed E-state index contributed by atoms with van der Waals surface area (Å²) in [5, 5.41) is 21.5. The average molecular weight is 370 g/mol. The molecule has 2 aliphatic rings. The van der Waals surface area contributed by atoms with E-state index in [1.807, 2.05) is 43.3 Å². The maximum absolute atomic E-state index is 12.9. The summed E-state index contributed by atoms with van der Waals surface area (Å²) in [6.45, 7) is 2.11. The molecule has 1 aliphatic heterocycles. The van der Waals surface area contributed by atoms with Crippen molar-refractivity contribution in [2.75, 3.05) is 27.2 Å². The normalized spacial score (nSPS) is 27.8. The van der Waals surface area contributed by atoms with Crippen LogP contribution in [0.1, 0.15) is 28.8 Å². The molecule has 8 nitrogen and oxygen atoms in total. The van der Waals surface area contributed by atoms with Crippen LogP contribution in [0.5, 0.6) is 0 Å². The van der Waals surface area contributed by atoms with Gasteiger partial charge in [-0.1, -0.05) is 12.1 Å². The van der Waals surface area contributed by atoms with Crippen LogP contribution in [0.3, 0.4) is 0 Å². The molecule has 4 atom stereocenters. The van der Waals surface area contributed by atoms with Gasteiger partial charge in [0.2, 0.25) is 0 Å². The van der Waals surface area contributed by atoms with Gasteiger partial charge in [0, 0.05) is 24.7 Å². The first-order valence-electron chi connectivity index (χ1n) is 9.44. The lowest BCUT2D eigenvalue weighted by atomic mass is 9.77. The highest BCUT2D eigenvalue weighted by Gasteiger charge is 2.43. The molecular formula is C19H26N6O2. The molecule has 1 N–H and O–H groups in total. The Hall–Kier alpha value is -2.32. The molecule has 0 bridgehead atoms. The van der Waals surface area contributed by atoms with Crippen molar-refractivity contribution in [2.24, 2.45) is 11.8 Å². The van der Waals surface area contributed by atoms with Gasteiger partial charge in [0.15, 0.2) is 0 Å². The van der Waals surface area contributed by atoms with Crippen molar-refractivity contribution >= 4 is 5.91 Å². The fourth-order valence-electron chi connectivity index (χ4n) is 4.50. The summed E-state index contributed by atoms with van der Waals surface area (Å²) >= 11 is 0. The predicted octanol–water partition coefficient (Wildman–Crippen LogP) is 0.495. The molecule has 144 valence electrons. The van der Waals surface area contributed by atoms with Crippen LogP contribution >= 0.6 is 0 Å². The maximum Gasteiger partial charge on any atom is 0.253 e. The van der Waals surface area contributed by atoms with Crippen molar-refractivity contribution in [3.63, 3.8) is 0 Å². The van der Waals surface area contributed by atoms with Gasteiger partial charge in [0.1, 0.15) is 6.33 Å². The highest BCUT2D eigenvalue weighted by molar-refractivity contribution is 5.94. The van der Waals surface area contributed by atoms with E-state index in [2.05, 4.69) is 20.4 Å². The monoisotopic (exact) mass is 370 g/mol. The Bertz CT molecular complexity index is 776. The van der Waals surface area contributed by atoms with Gasteiger partial charge in [-0.25, -0.2) is 4.68 Å². The first kappa shape index (κ1) is 18.1. The van der Waals surface area contributed by atoms with Crippen molar-refractivity contribution in [1.29, 1.82) is 0 Å². The first-order chi connectivity index (χ1) is 13.0. The van der Waals surface area contributed by atoms with Gasteiger partial charge in [-0.15, -0.1) is 5.10 Å². The van der Waals surface area contributed by atoms with Gasteiger partial charge in [-0.3, -0.25) is 4.79 Å². The summed E-state index contributed by atoms with van der Waals surface area (Å²) in [4.78, 5) is 17.0. The topological polar surface area (TPSA) is 87.4 Å². The van der Waals surface area contributed by atoms with E-state index < -0.39 is 0 Å². The number of tetrazole rings is 1. The molecule has 8 heteroatoms. The van der Waals surface area contributed by atoms with Crippen LogP contribution in [0, 0.1) is 11.8 Å². The second-order valence-corrected chi connectivity index (χ2v) is 8.00. The number of aromatic nitrogens is 4. The number of amides is 1. The minimum Gasteiger partial charge on any atom is -0.391 e. The smallest absolute Gasteiger partial charge is 0.253 e. The number of likely N-dealkylation sites (N-methyl/N-ethyl adjacent to an activating group) is 1. The Morgan fingerprint density at radius 3 is 2.52 bits per heavy atom. The van der Waals surface area contributed by atoms with Crippen LogP contribution in [0.15, 0.2) is 30.6 Å². The van der Waals surface area contributed by atoms with Gasteiger partial charge in [0.05, 0.1) is 12.6 Å². The molecule has 2 heterocycles. The third-order valence-electron chi connectivity index (χ3n) is 6.00. The Labute approximate surface area is 158 Å². The molecule has 1 amide bonds. The molecule has 0 spiro atoms. The van der Waals surface area contributed by atoms with Crippen molar-refractivity contribution < 1.29 is 9.90 Å². The fraction of sp³-hybridized carbons (Fsp3) is 0.579. The van der Waals surface area contributed by atoms with Gasteiger partial charge in [0.25, 0.3) is 5.91 Å². The number of carbonyl (C=O) groups excluding carboxylic acids is 1. The third kappa shape index (κ3) is 3.72. The number of aliphatic hydroxyl groups excluding tert-OH is 1. The largest absolute Gasteiger partial charge is 0.391 e. The zero-order valence-electron chi connectivity index (χ0n) is 15.8. The lowest BCUT2D eigenvalue weighted by Gasteiger charge is -2.38. The van der Waals surface area contributed by atoms with Crippen LogP contribution in [0.4, 0.5) is 0 Å². The van der Waals surface area contributed by atoms with E-state index in [-0.39, 0.29) is 18.1 Å². The van der Waals surface area contributed by atoms with Crippen molar-refractivity contribution in [3.05, 3.63) is 41.7 Å². The minimum absolute atomic E-state index is 0.0780. The number of hydrogen-bond acceptors (Lipinski definition) is 6. The van der Waals surface area contributed by atoms with E-state index in [0.29, 0.717) is 23.9 Å². The summed E-state index contributed by atoms with van der Waals surface area (Å²) in [6.07, 6.45) is 3.00.